The van der Waals surface area contributed by atoms with Gasteiger partial charge in [-0.15, -0.1) is 0 Å². The van der Waals surface area contributed by atoms with Crippen LogP contribution in [0.1, 0.15) is 52.9 Å². The minimum atomic E-state index is -3.18. The highest BCUT2D eigenvalue weighted by Gasteiger charge is 2.28. The normalized spacial score (nSPS) is 22.6. The molecule has 0 radical (unpaired) electrons. The summed E-state index contributed by atoms with van der Waals surface area (Å²) in [7, 11) is -3.18. The van der Waals surface area contributed by atoms with Crippen molar-refractivity contribution in [2.24, 2.45) is 0 Å². The van der Waals surface area contributed by atoms with E-state index in [1.54, 1.807) is 0 Å². The van der Waals surface area contributed by atoms with Gasteiger partial charge in [0.2, 0.25) is 10.0 Å². The molecule has 0 aliphatic carbocycles. The fourth-order valence-electron chi connectivity index (χ4n) is 2.14. The van der Waals surface area contributed by atoms with Crippen molar-refractivity contribution in [3.05, 3.63) is 0 Å². The lowest BCUT2D eigenvalue weighted by atomic mass is 9.98. The molecule has 5 heteroatoms. The standard InChI is InChI=1S/C12H26N2O2S/c1-4-12(3,5-2)14-17(15,16)10-11-8-6-7-9-13-11/h11,13-14H,4-10H2,1-3H3. The molecule has 0 spiro atoms. The van der Waals surface area contributed by atoms with Gasteiger partial charge in [-0.25, -0.2) is 13.1 Å². The van der Waals surface area contributed by atoms with Gasteiger partial charge in [-0.2, -0.15) is 0 Å². The maximum atomic E-state index is 12.1. The van der Waals surface area contributed by atoms with Crippen molar-refractivity contribution in [3.8, 4) is 0 Å². The smallest absolute Gasteiger partial charge is 0.213 e. The van der Waals surface area contributed by atoms with Crippen LogP contribution < -0.4 is 10.0 Å². The zero-order valence-corrected chi connectivity index (χ0v) is 12.1. The average Bonchev–Trinajstić information content (AvgIpc) is 2.29. The molecule has 0 aromatic rings. The summed E-state index contributed by atoms with van der Waals surface area (Å²) in [5, 5.41) is 3.28. The Morgan fingerprint density at radius 1 is 1.29 bits per heavy atom. The number of hydrogen-bond acceptors (Lipinski definition) is 3. The van der Waals surface area contributed by atoms with Gasteiger partial charge in [-0.05, 0) is 39.2 Å². The molecular formula is C12H26N2O2S. The van der Waals surface area contributed by atoms with Crippen molar-refractivity contribution >= 4 is 10.0 Å². The van der Waals surface area contributed by atoms with Crippen LogP contribution >= 0.6 is 0 Å². The fourth-order valence-corrected chi connectivity index (χ4v) is 4.08. The van der Waals surface area contributed by atoms with Gasteiger partial charge in [0.05, 0.1) is 5.75 Å². The molecule has 1 fully saturated rings. The second kappa shape index (κ2) is 6.16. The second-order valence-corrected chi connectivity index (χ2v) is 7.07. The lowest BCUT2D eigenvalue weighted by Crippen LogP contribution is -2.49. The first kappa shape index (κ1) is 14.9. The lowest BCUT2D eigenvalue weighted by molar-refractivity contribution is 0.381. The van der Waals surface area contributed by atoms with E-state index < -0.39 is 10.0 Å². The van der Waals surface area contributed by atoms with Crippen molar-refractivity contribution in [2.75, 3.05) is 12.3 Å². The summed E-state index contributed by atoms with van der Waals surface area (Å²) in [6, 6.07) is 0.124. The van der Waals surface area contributed by atoms with E-state index in [0.29, 0.717) is 0 Å². The molecule has 0 aromatic heterocycles. The molecule has 1 saturated heterocycles. The predicted molar refractivity (Wildman–Crippen MR) is 71.6 cm³/mol. The van der Waals surface area contributed by atoms with Crippen molar-refractivity contribution < 1.29 is 8.42 Å². The van der Waals surface area contributed by atoms with E-state index >= 15 is 0 Å². The van der Waals surface area contributed by atoms with Crippen LogP contribution in [0.5, 0.6) is 0 Å². The highest BCUT2D eigenvalue weighted by molar-refractivity contribution is 7.89. The van der Waals surface area contributed by atoms with E-state index in [0.717, 1.165) is 38.6 Å². The van der Waals surface area contributed by atoms with Gasteiger partial charge in [-0.3, -0.25) is 0 Å². The Balaban J connectivity index is 2.55. The van der Waals surface area contributed by atoms with Crippen molar-refractivity contribution in [3.63, 3.8) is 0 Å². The Labute approximate surface area is 106 Å². The molecule has 1 aliphatic heterocycles. The number of nitrogens with one attached hydrogen (secondary N) is 2. The largest absolute Gasteiger partial charge is 0.313 e. The maximum Gasteiger partial charge on any atom is 0.213 e. The lowest BCUT2D eigenvalue weighted by Gasteiger charge is -2.30. The Hall–Kier alpha value is -0.130. The predicted octanol–water partition coefficient (Wildman–Crippen LogP) is 1.63. The van der Waals surface area contributed by atoms with Crippen LogP contribution in [0.15, 0.2) is 0 Å². The zero-order chi connectivity index (χ0) is 12.9. The van der Waals surface area contributed by atoms with Gasteiger partial charge in [0.15, 0.2) is 0 Å². The molecule has 0 bridgehead atoms. The van der Waals surface area contributed by atoms with Crippen LogP contribution in [0.2, 0.25) is 0 Å². The third kappa shape index (κ3) is 4.94. The van der Waals surface area contributed by atoms with Crippen LogP contribution in [0, 0.1) is 0 Å². The van der Waals surface area contributed by atoms with Gasteiger partial charge < -0.3 is 5.32 Å². The average molecular weight is 262 g/mol. The molecule has 1 heterocycles. The quantitative estimate of drug-likeness (QED) is 0.765. The van der Waals surface area contributed by atoms with Crippen molar-refractivity contribution in [1.82, 2.24) is 10.0 Å². The summed E-state index contributed by atoms with van der Waals surface area (Å²) in [4.78, 5) is 0. The van der Waals surface area contributed by atoms with Crippen LogP contribution in [0.25, 0.3) is 0 Å². The van der Waals surface area contributed by atoms with Crippen LogP contribution in [0.4, 0.5) is 0 Å². The molecule has 1 aliphatic rings. The van der Waals surface area contributed by atoms with E-state index in [-0.39, 0.29) is 17.3 Å². The number of rotatable bonds is 6. The van der Waals surface area contributed by atoms with E-state index in [2.05, 4.69) is 10.0 Å². The zero-order valence-electron chi connectivity index (χ0n) is 11.3. The SMILES string of the molecule is CCC(C)(CC)NS(=O)(=O)CC1CCCCN1. The number of hydrogen-bond donors (Lipinski definition) is 2. The first-order valence-electron chi connectivity index (χ1n) is 6.66. The number of sulfonamides is 1. The Morgan fingerprint density at radius 2 is 1.94 bits per heavy atom. The third-order valence-electron chi connectivity index (χ3n) is 3.80. The first-order valence-corrected chi connectivity index (χ1v) is 8.31. The molecular weight excluding hydrogens is 236 g/mol. The van der Waals surface area contributed by atoms with Gasteiger partial charge in [0, 0.05) is 11.6 Å². The Bertz CT molecular complexity index is 317. The second-order valence-electron chi connectivity index (χ2n) is 5.30. The highest BCUT2D eigenvalue weighted by Crippen LogP contribution is 2.16. The Morgan fingerprint density at radius 3 is 2.41 bits per heavy atom. The maximum absolute atomic E-state index is 12.1. The van der Waals surface area contributed by atoms with Crippen LogP contribution in [-0.2, 0) is 10.0 Å². The molecule has 17 heavy (non-hydrogen) atoms. The summed E-state index contributed by atoms with van der Waals surface area (Å²) in [6.07, 6.45) is 4.90. The topological polar surface area (TPSA) is 58.2 Å². The number of piperidine rings is 1. The minimum absolute atomic E-state index is 0.124. The first-order chi connectivity index (χ1) is 7.91. The molecule has 2 N–H and O–H groups in total. The van der Waals surface area contributed by atoms with Gasteiger partial charge in [0.25, 0.3) is 0 Å². The molecule has 0 aromatic carbocycles. The molecule has 4 nitrogen and oxygen atoms in total. The van der Waals surface area contributed by atoms with Gasteiger partial charge in [0.1, 0.15) is 0 Å². The molecule has 1 unspecified atom stereocenters. The summed E-state index contributed by atoms with van der Waals surface area (Å²) >= 11 is 0. The fraction of sp³-hybridized carbons (Fsp3) is 1.00. The van der Waals surface area contributed by atoms with Gasteiger partial charge >= 0.3 is 0 Å². The van der Waals surface area contributed by atoms with Crippen LogP contribution in [0.3, 0.4) is 0 Å². The molecule has 0 saturated carbocycles. The molecule has 1 rings (SSSR count). The van der Waals surface area contributed by atoms with E-state index in [1.165, 1.54) is 0 Å². The summed E-state index contributed by atoms with van der Waals surface area (Å²) in [5.74, 6) is 0.211. The van der Waals surface area contributed by atoms with Crippen molar-refractivity contribution in [1.29, 1.82) is 0 Å². The Kier molecular flexibility index (Phi) is 5.41. The summed E-state index contributed by atoms with van der Waals surface area (Å²) in [5.41, 5.74) is -0.298. The summed E-state index contributed by atoms with van der Waals surface area (Å²) in [6.45, 7) is 6.95. The highest BCUT2D eigenvalue weighted by atomic mass is 32.2. The van der Waals surface area contributed by atoms with E-state index in [4.69, 9.17) is 0 Å². The minimum Gasteiger partial charge on any atom is -0.313 e. The van der Waals surface area contributed by atoms with E-state index in [9.17, 15) is 8.42 Å². The third-order valence-corrected chi connectivity index (χ3v) is 5.44. The van der Waals surface area contributed by atoms with Gasteiger partial charge in [-0.1, -0.05) is 20.3 Å². The summed E-state index contributed by atoms with van der Waals surface area (Å²) < 4.78 is 27.0. The van der Waals surface area contributed by atoms with Crippen LogP contribution in [-0.4, -0.2) is 32.3 Å². The van der Waals surface area contributed by atoms with E-state index in [1.807, 2.05) is 20.8 Å². The molecule has 0 amide bonds. The van der Waals surface area contributed by atoms with Crippen molar-refractivity contribution in [2.45, 2.75) is 64.5 Å². The molecule has 102 valence electrons. The molecule has 1 atom stereocenters. The monoisotopic (exact) mass is 262 g/mol.